The molecular formula is C23H23N3O5S2. The predicted molar refractivity (Wildman–Crippen MR) is 121 cm³/mol. The Kier molecular flexibility index (Phi) is 4.65. The van der Waals surface area contributed by atoms with Gasteiger partial charge in [-0.1, -0.05) is 31.3 Å². The van der Waals surface area contributed by atoms with Crippen molar-refractivity contribution in [1.82, 2.24) is 14.9 Å². The molecule has 10 heteroatoms. The second-order valence-electron chi connectivity index (χ2n) is 9.82. The van der Waals surface area contributed by atoms with Gasteiger partial charge in [-0.25, -0.2) is 4.79 Å². The molecule has 1 saturated heterocycles. The van der Waals surface area contributed by atoms with Crippen molar-refractivity contribution in [1.29, 1.82) is 0 Å². The summed E-state index contributed by atoms with van der Waals surface area (Å²) in [6, 6.07) is 2.75. The van der Waals surface area contributed by atoms with Gasteiger partial charge >= 0.3 is 10.8 Å². The summed E-state index contributed by atoms with van der Waals surface area (Å²) in [5.41, 5.74) is 1.01. The SMILES string of the molecule is CC(C)[C@H](C(=O)O)N1C(=O)[C@@H]2[C@@H]3C[C@@H]([C@H]4Sc5[nH]c(=O)sc5[C@H](c5cccnc5)[C@H]34)[C@@H]2C1=O. The molecule has 0 radical (unpaired) electrons. The molecule has 2 aliphatic carbocycles. The van der Waals surface area contributed by atoms with Gasteiger partial charge in [0.25, 0.3) is 0 Å². The molecule has 33 heavy (non-hydrogen) atoms. The Labute approximate surface area is 197 Å². The van der Waals surface area contributed by atoms with E-state index in [1.54, 1.807) is 31.8 Å². The van der Waals surface area contributed by atoms with Gasteiger partial charge in [-0.15, -0.1) is 11.8 Å². The lowest BCUT2D eigenvalue weighted by Gasteiger charge is -2.42. The number of hydrogen-bond donors (Lipinski definition) is 2. The van der Waals surface area contributed by atoms with Crippen molar-refractivity contribution in [3.63, 3.8) is 0 Å². The van der Waals surface area contributed by atoms with Gasteiger partial charge < -0.3 is 10.1 Å². The first-order chi connectivity index (χ1) is 15.8. The number of thiazole rings is 1. The number of rotatable bonds is 4. The summed E-state index contributed by atoms with van der Waals surface area (Å²) < 4.78 is 0. The van der Waals surface area contributed by atoms with Crippen LogP contribution < -0.4 is 4.87 Å². The number of fused-ring (bicyclic) bond motifs is 9. The molecule has 8 nitrogen and oxygen atoms in total. The zero-order valence-electron chi connectivity index (χ0n) is 18.0. The Morgan fingerprint density at radius 2 is 1.94 bits per heavy atom. The summed E-state index contributed by atoms with van der Waals surface area (Å²) in [5.74, 6) is -3.17. The van der Waals surface area contributed by atoms with Crippen LogP contribution >= 0.6 is 23.1 Å². The molecule has 8 atom stereocenters. The molecule has 6 rings (SSSR count). The van der Waals surface area contributed by atoms with Crippen molar-refractivity contribution in [3.05, 3.63) is 44.6 Å². The number of hydrogen-bond acceptors (Lipinski definition) is 7. The van der Waals surface area contributed by atoms with Crippen molar-refractivity contribution < 1.29 is 19.5 Å². The normalized spacial score (nSPS) is 35.0. The van der Waals surface area contributed by atoms with Gasteiger partial charge in [-0.05, 0) is 41.7 Å². The summed E-state index contributed by atoms with van der Waals surface area (Å²) in [6.45, 7) is 3.45. The number of carbonyl (C=O) groups excluding carboxylic acids is 2. The Bertz CT molecular complexity index is 1220. The van der Waals surface area contributed by atoms with Gasteiger partial charge in [0.05, 0.1) is 16.9 Å². The average molecular weight is 486 g/mol. The van der Waals surface area contributed by atoms with E-state index in [-0.39, 0.29) is 51.5 Å². The van der Waals surface area contributed by atoms with Gasteiger partial charge in [-0.3, -0.25) is 24.3 Å². The number of thioether (sulfide) groups is 1. The summed E-state index contributed by atoms with van der Waals surface area (Å²) in [6.07, 6.45) is 4.31. The first kappa shape index (κ1) is 21.1. The smallest absolute Gasteiger partial charge is 0.327 e. The van der Waals surface area contributed by atoms with Crippen LogP contribution in [0.15, 0.2) is 34.3 Å². The minimum atomic E-state index is -1.14. The molecule has 0 unspecified atom stereocenters. The highest BCUT2D eigenvalue weighted by molar-refractivity contribution is 8.00. The summed E-state index contributed by atoms with van der Waals surface area (Å²) in [4.78, 5) is 60.5. The first-order valence-electron chi connectivity index (χ1n) is 11.2. The average Bonchev–Trinajstić information content (AvgIpc) is 3.49. The second kappa shape index (κ2) is 7.27. The molecule has 2 aromatic rings. The Morgan fingerprint density at radius 1 is 1.21 bits per heavy atom. The third kappa shape index (κ3) is 2.79. The number of carboxylic acid groups (broad SMARTS) is 1. The van der Waals surface area contributed by atoms with Crippen LogP contribution in [0.1, 0.15) is 36.6 Å². The van der Waals surface area contributed by atoms with Crippen LogP contribution in [0, 0.1) is 35.5 Å². The summed E-state index contributed by atoms with van der Waals surface area (Å²) in [7, 11) is 0. The number of nitrogens with zero attached hydrogens (tertiary/aromatic N) is 2. The number of H-pyrrole nitrogens is 1. The zero-order chi connectivity index (χ0) is 23.2. The molecule has 3 fully saturated rings. The summed E-state index contributed by atoms with van der Waals surface area (Å²) in [5, 5.41) is 10.7. The molecule has 2 N–H and O–H groups in total. The quantitative estimate of drug-likeness (QED) is 0.638. The number of imide groups is 1. The zero-order valence-corrected chi connectivity index (χ0v) is 19.6. The van der Waals surface area contributed by atoms with E-state index in [0.717, 1.165) is 26.8 Å². The van der Waals surface area contributed by atoms with Gasteiger partial charge in [0.2, 0.25) is 11.8 Å². The van der Waals surface area contributed by atoms with E-state index in [1.165, 1.54) is 11.3 Å². The van der Waals surface area contributed by atoms with Crippen LogP contribution in [0.3, 0.4) is 0 Å². The van der Waals surface area contributed by atoms with Crippen molar-refractivity contribution in [3.8, 4) is 0 Å². The van der Waals surface area contributed by atoms with E-state index >= 15 is 0 Å². The van der Waals surface area contributed by atoms with Crippen LogP contribution in [0.4, 0.5) is 0 Å². The lowest BCUT2D eigenvalue weighted by molar-refractivity contribution is -0.157. The van der Waals surface area contributed by atoms with E-state index in [4.69, 9.17) is 0 Å². The molecule has 172 valence electrons. The van der Waals surface area contributed by atoms with Gasteiger partial charge in [0, 0.05) is 28.4 Å². The molecule has 4 aliphatic rings. The number of aromatic nitrogens is 2. The number of pyridine rings is 1. The van der Waals surface area contributed by atoms with Gasteiger partial charge in [0.15, 0.2) is 0 Å². The second-order valence-corrected chi connectivity index (χ2v) is 12.0. The molecule has 2 saturated carbocycles. The van der Waals surface area contributed by atoms with Crippen molar-refractivity contribution in [2.45, 2.75) is 42.5 Å². The van der Waals surface area contributed by atoms with Crippen LogP contribution in [0.2, 0.25) is 0 Å². The third-order valence-electron chi connectivity index (χ3n) is 7.96. The fourth-order valence-electron chi connectivity index (χ4n) is 6.94. The minimum Gasteiger partial charge on any atom is -0.480 e. The van der Waals surface area contributed by atoms with Crippen molar-refractivity contribution in [2.75, 3.05) is 0 Å². The molecular weight excluding hydrogens is 462 g/mol. The van der Waals surface area contributed by atoms with Crippen LogP contribution in [-0.4, -0.2) is 49.0 Å². The van der Waals surface area contributed by atoms with Gasteiger partial charge in [0.1, 0.15) is 6.04 Å². The maximum Gasteiger partial charge on any atom is 0.327 e. The Hall–Kier alpha value is -2.46. The fourth-order valence-corrected chi connectivity index (χ4v) is 9.83. The number of carbonyl (C=O) groups is 3. The third-order valence-corrected chi connectivity index (χ3v) is 10.6. The number of aromatic amines is 1. The van der Waals surface area contributed by atoms with E-state index < -0.39 is 23.8 Å². The molecule has 4 heterocycles. The number of aliphatic carboxylic acids is 1. The van der Waals surface area contributed by atoms with E-state index in [1.807, 2.05) is 18.3 Å². The van der Waals surface area contributed by atoms with Crippen LogP contribution in [0.5, 0.6) is 0 Å². The maximum atomic E-state index is 13.6. The standard InChI is InChI=1S/C23H23N3O5S2/c1-8(2)16(22(29)30)26-20(27)14-10-6-11(15(14)21(26)28)17-13(10)12(9-4-3-5-24-7-9)18-19(32-17)25-23(31)33-18/h3-5,7-8,10-17H,6H2,1-2H3,(H,25,31)(H,29,30)/t10-,11-,12-,13+,14-,15+,16-,17-/m1/s1. The van der Waals surface area contributed by atoms with Gasteiger partial charge in [-0.2, -0.15) is 0 Å². The topological polar surface area (TPSA) is 120 Å². The van der Waals surface area contributed by atoms with Crippen molar-refractivity contribution in [2.24, 2.45) is 35.5 Å². The molecule has 2 aliphatic heterocycles. The minimum absolute atomic E-state index is 0.0196. The Balaban J connectivity index is 1.44. The lowest BCUT2D eigenvalue weighted by atomic mass is 9.68. The molecule has 2 bridgehead atoms. The van der Waals surface area contributed by atoms with Crippen molar-refractivity contribution >= 4 is 40.9 Å². The van der Waals surface area contributed by atoms with E-state index in [9.17, 15) is 24.3 Å². The lowest BCUT2D eigenvalue weighted by Crippen LogP contribution is -2.49. The van der Waals surface area contributed by atoms with E-state index in [0.29, 0.717) is 0 Å². The fraction of sp³-hybridized carbons (Fsp3) is 0.522. The van der Waals surface area contributed by atoms with Crippen LogP contribution in [0.25, 0.3) is 0 Å². The Morgan fingerprint density at radius 3 is 2.58 bits per heavy atom. The number of likely N-dealkylation sites (tertiary alicyclic amines) is 1. The highest BCUT2D eigenvalue weighted by atomic mass is 32.2. The number of carboxylic acids is 1. The molecule has 0 aromatic carbocycles. The highest BCUT2D eigenvalue weighted by Crippen LogP contribution is 2.68. The largest absolute Gasteiger partial charge is 0.480 e. The highest BCUT2D eigenvalue weighted by Gasteiger charge is 2.70. The number of nitrogens with one attached hydrogen (secondary N) is 1. The molecule has 2 aromatic heterocycles. The van der Waals surface area contributed by atoms with Crippen LogP contribution in [-0.2, 0) is 14.4 Å². The predicted octanol–water partition coefficient (Wildman–Crippen LogP) is 2.41. The monoisotopic (exact) mass is 485 g/mol. The summed E-state index contributed by atoms with van der Waals surface area (Å²) >= 11 is 2.83. The van der Waals surface area contributed by atoms with E-state index in [2.05, 4.69) is 9.97 Å². The number of amides is 2. The molecule has 0 spiro atoms. The molecule has 2 amide bonds. The maximum absolute atomic E-state index is 13.6. The first-order valence-corrected chi connectivity index (χ1v) is 12.9.